The van der Waals surface area contributed by atoms with Crippen LogP contribution in [0, 0.1) is 0 Å². The monoisotopic (exact) mass is 398 g/mol. The lowest BCUT2D eigenvalue weighted by atomic mass is 9.98. The number of benzene rings is 2. The van der Waals surface area contributed by atoms with Crippen molar-refractivity contribution in [3.05, 3.63) is 59.7 Å². The third-order valence-corrected chi connectivity index (χ3v) is 4.63. The SMILES string of the molecule is CCCOc1ccccc1C(=O)NNC(=O)C(C)Oc1ccccc1C(C)CC. The van der Waals surface area contributed by atoms with Gasteiger partial charge in [0.25, 0.3) is 11.8 Å². The van der Waals surface area contributed by atoms with Crippen LogP contribution < -0.4 is 20.3 Å². The summed E-state index contributed by atoms with van der Waals surface area (Å²) >= 11 is 0. The topological polar surface area (TPSA) is 76.7 Å². The first-order valence-corrected chi connectivity index (χ1v) is 10.1. The summed E-state index contributed by atoms with van der Waals surface area (Å²) in [7, 11) is 0. The number of carbonyl (C=O) groups excluding carboxylic acids is 2. The molecule has 6 nitrogen and oxygen atoms in total. The van der Waals surface area contributed by atoms with E-state index >= 15 is 0 Å². The fraction of sp³-hybridized carbons (Fsp3) is 0.391. The molecule has 0 radical (unpaired) electrons. The largest absolute Gasteiger partial charge is 0.493 e. The summed E-state index contributed by atoms with van der Waals surface area (Å²) in [5, 5.41) is 0. The third kappa shape index (κ3) is 6.24. The van der Waals surface area contributed by atoms with E-state index in [4.69, 9.17) is 9.47 Å². The number of hydrogen-bond acceptors (Lipinski definition) is 4. The Kier molecular flexibility index (Phi) is 8.52. The summed E-state index contributed by atoms with van der Waals surface area (Å²) in [4.78, 5) is 24.9. The number of rotatable bonds is 9. The van der Waals surface area contributed by atoms with Gasteiger partial charge in [-0.05, 0) is 49.4 Å². The van der Waals surface area contributed by atoms with Crippen molar-refractivity contribution < 1.29 is 19.1 Å². The lowest BCUT2D eigenvalue weighted by molar-refractivity contribution is -0.128. The summed E-state index contributed by atoms with van der Waals surface area (Å²) in [5.74, 6) is 0.587. The number of nitrogens with one attached hydrogen (secondary N) is 2. The van der Waals surface area contributed by atoms with Crippen molar-refractivity contribution in [3.8, 4) is 11.5 Å². The van der Waals surface area contributed by atoms with Gasteiger partial charge in [-0.25, -0.2) is 0 Å². The zero-order valence-electron chi connectivity index (χ0n) is 17.5. The fourth-order valence-corrected chi connectivity index (χ4v) is 2.74. The highest BCUT2D eigenvalue weighted by molar-refractivity contribution is 5.98. The Morgan fingerprint density at radius 1 is 0.931 bits per heavy atom. The second kappa shape index (κ2) is 11.1. The molecule has 156 valence electrons. The van der Waals surface area contributed by atoms with Crippen molar-refractivity contribution in [2.75, 3.05) is 6.61 Å². The fourth-order valence-electron chi connectivity index (χ4n) is 2.74. The van der Waals surface area contributed by atoms with E-state index in [-0.39, 0.29) is 0 Å². The van der Waals surface area contributed by atoms with Crippen LogP contribution in [0.1, 0.15) is 62.4 Å². The van der Waals surface area contributed by atoms with Crippen molar-refractivity contribution in [2.45, 2.75) is 52.6 Å². The van der Waals surface area contributed by atoms with Gasteiger partial charge in [0.05, 0.1) is 12.2 Å². The number of para-hydroxylation sites is 2. The molecule has 2 amide bonds. The van der Waals surface area contributed by atoms with Gasteiger partial charge < -0.3 is 9.47 Å². The molecule has 2 aromatic carbocycles. The zero-order chi connectivity index (χ0) is 21.2. The normalized spacial score (nSPS) is 12.6. The summed E-state index contributed by atoms with van der Waals surface area (Å²) in [6.45, 7) is 8.37. The molecule has 0 fully saturated rings. The molecule has 0 aromatic heterocycles. The van der Waals surface area contributed by atoms with Crippen LogP contribution >= 0.6 is 0 Å². The maximum Gasteiger partial charge on any atom is 0.279 e. The highest BCUT2D eigenvalue weighted by atomic mass is 16.5. The van der Waals surface area contributed by atoms with E-state index in [1.807, 2.05) is 31.2 Å². The molecule has 0 aliphatic heterocycles. The molecule has 0 bridgehead atoms. The Labute approximate surface area is 172 Å². The van der Waals surface area contributed by atoms with Gasteiger partial charge in [-0.2, -0.15) is 0 Å². The molecule has 2 atom stereocenters. The number of ether oxygens (including phenoxy) is 2. The minimum Gasteiger partial charge on any atom is -0.493 e. The third-order valence-electron chi connectivity index (χ3n) is 4.63. The van der Waals surface area contributed by atoms with E-state index in [0.717, 1.165) is 18.4 Å². The molecule has 0 saturated carbocycles. The van der Waals surface area contributed by atoms with E-state index in [1.165, 1.54) is 0 Å². The Morgan fingerprint density at radius 2 is 1.59 bits per heavy atom. The number of hydrogen-bond donors (Lipinski definition) is 2. The number of amides is 2. The predicted molar refractivity (Wildman–Crippen MR) is 113 cm³/mol. The highest BCUT2D eigenvalue weighted by Crippen LogP contribution is 2.29. The summed E-state index contributed by atoms with van der Waals surface area (Å²) in [6.07, 6.45) is 1.03. The highest BCUT2D eigenvalue weighted by Gasteiger charge is 2.19. The van der Waals surface area contributed by atoms with Crippen LogP contribution in [-0.2, 0) is 4.79 Å². The Bertz CT molecular complexity index is 822. The van der Waals surface area contributed by atoms with Crippen LogP contribution in [0.3, 0.4) is 0 Å². The molecule has 0 saturated heterocycles. The molecule has 2 N–H and O–H groups in total. The minimum atomic E-state index is -0.771. The Morgan fingerprint density at radius 3 is 2.28 bits per heavy atom. The summed E-state index contributed by atoms with van der Waals surface area (Å²) < 4.78 is 11.4. The lowest BCUT2D eigenvalue weighted by Crippen LogP contribution is -2.47. The average molecular weight is 399 g/mol. The van der Waals surface area contributed by atoms with Crippen LogP contribution in [0.4, 0.5) is 0 Å². The van der Waals surface area contributed by atoms with Gasteiger partial charge in [0.1, 0.15) is 11.5 Å². The van der Waals surface area contributed by atoms with Crippen molar-refractivity contribution in [3.63, 3.8) is 0 Å². The molecule has 2 unspecified atom stereocenters. The van der Waals surface area contributed by atoms with Crippen molar-refractivity contribution in [1.29, 1.82) is 0 Å². The van der Waals surface area contributed by atoms with E-state index in [0.29, 0.717) is 29.6 Å². The van der Waals surface area contributed by atoms with Gasteiger partial charge in [0.2, 0.25) is 0 Å². The first-order valence-electron chi connectivity index (χ1n) is 10.1. The van der Waals surface area contributed by atoms with Gasteiger partial charge in [-0.15, -0.1) is 0 Å². The van der Waals surface area contributed by atoms with Gasteiger partial charge in [-0.1, -0.05) is 51.1 Å². The molecule has 2 rings (SSSR count). The van der Waals surface area contributed by atoms with Crippen LogP contribution in [0.25, 0.3) is 0 Å². The number of carbonyl (C=O) groups is 2. The van der Waals surface area contributed by atoms with Crippen molar-refractivity contribution in [2.24, 2.45) is 0 Å². The average Bonchev–Trinajstić information content (AvgIpc) is 2.75. The molecule has 6 heteroatoms. The van der Waals surface area contributed by atoms with Gasteiger partial charge in [0.15, 0.2) is 6.10 Å². The zero-order valence-corrected chi connectivity index (χ0v) is 17.5. The van der Waals surface area contributed by atoms with E-state index in [9.17, 15) is 9.59 Å². The van der Waals surface area contributed by atoms with Crippen LogP contribution in [0.2, 0.25) is 0 Å². The maximum atomic E-state index is 12.4. The Hall–Kier alpha value is -3.02. The Balaban J connectivity index is 1.97. The van der Waals surface area contributed by atoms with Crippen LogP contribution in [0.15, 0.2) is 48.5 Å². The molecule has 0 spiro atoms. The minimum absolute atomic E-state index is 0.320. The molecule has 0 aliphatic rings. The van der Waals surface area contributed by atoms with Gasteiger partial charge in [0, 0.05) is 0 Å². The van der Waals surface area contributed by atoms with Crippen LogP contribution in [0.5, 0.6) is 11.5 Å². The maximum absolute atomic E-state index is 12.4. The van der Waals surface area contributed by atoms with Crippen molar-refractivity contribution >= 4 is 11.8 Å². The second-order valence-electron chi connectivity index (χ2n) is 6.90. The summed E-state index contributed by atoms with van der Waals surface area (Å²) in [6, 6.07) is 14.6. The second-order valence-corrected chi connectivity index (χ2v) is 6.90. The smallest absolute Gasteiger partial charge is 0.279 e. The molecule has 0 heterocycles. The molecule has 2 aromatic rings. The quantitative estimate of drug-likeness (QED) is 0.620. The van der Waals surface area contributed by atoms with Crippen LogP contribution in [-0.4, -0.2) is 24.5 Å². The first kappa shape index (κ1) is 22.3. The lowest BCUT2D eigenvalue weighted by Gasteiger charge is -2.20. The molecular formula is C23H30N2O4. The van der Waals surface area contributed by atoms with E-state index in [1.54, 1.807) is 31.2 Å². The molecule has 29 heavy (non-hydrogen) atoms. The standard InChI is InChI=1S/C23H30N2O4/c1-5-15-28-20-13-9-8-12-19(20)23(27)25-24-22(26)17(4)29-21-14-10-7-11-18(21)16(3)6-2/h7-14,16-17H,5-6,15H2,1-4H3,(H,24,26)(H,25,27). The van der Waals surface area contributed by atoms with E-state index < -0.39 is 17.9 Å². The van der Waals surface area contributed by atoms with Gasteiger partial charge >= 0.3 is 0 Å². The molecule has 0 aliphatic carbocycles. The molecular weight excluding hydrogens is 368 g/mol. The number of hydrazine groups is 1. The van der Waals surface area contributed by atoms with Crippen molar-refractivity contribution in [1.82, 2.24) is 10.9 Å². The first-order chi connectivity index (χ1) is 14.0. The van der Waals surface area contributed by atoms with Gasteiger partial charge in [-0.3, -0.25) is 20.4 Å². The predicted octanol–water partition coefficient (Wildman–Crippen LogP) is 4.22. The van der Waals surface area contributed by atoms with E-state index in [2.05, 4.69) is 24.7 Å². The summed E-state index contributed by atoms with van der Waals surface area (Å²) in [5.41, 5.74) is 6.27.